The van der Waals surface area contributed by atoms with E-state index in [9.17, 15) is 9.90 Å². The van der Waals surface area contributed by atoms with Gasteiger partial charge in [-0.2, -0.15) is 0 Å². The van der Waals surface area contributed by atoms with Crippen LogP contribution in [0.2, 0.25) is 0 Å². The molecule has 2 aromatic rings. The van der Waals surface area contributed by atoms with Crippen molar-refractivity contribution in [1.82, 2.24) is 19.9 Å². The van der Waals surface area contributed by atoms with Crippen LogP contribution in [0.3, 0.4) is 0 Å². The van der Waals surface area contributed by atoms with E-state index in [1.165, 1.54) is 0 Å². The van der Waals surface area contributed by atoms with Crippen molar-refractivity contribution in [1.29, 1.82) is 0 Å². The summed E-state index contributed by atoms with van der Waals surface area (Å²) in [6.07, 6.45) is 6.41. The minimum absolute atomic E-state index is 0.0854. The van der Waals surface area contributed by atoms with Gasteiger partial charge in [-0.05, 0) is 18.6 Å². The molecule has 8 heteroatoms. The number of ether oxygens (including phenoxy) is 1. The Hall–Kier alpha value is -2.58. The van der Waals surface area contributed by atoms with Gasteiger partial charge in [0.1, 0.15) is 6.61 Å². The van der Waals surface area contributed by atoms with Gasteiger partial charge in [-0.1, -0.05) is 0 Å². The Labute approximate surface area is 145 Å². The third-order valence-electron chi connectivity index (χ3n) is 4.13. The van der Waals surface area contributed by atoms with Crippen LogP contribution in [0.25, 0.3) is 0 Å². The molecular weight excluding hydrogens is 322 g/mol. The Morgan fingerprint density at radius 2 is 2.20 bits per heavy atom. The zero-order chi connectivity index (χ0) is 17.6. The number of hydrogen-bond acceptors (Lipinski definition) is 7. The summed E-state index contributed by atoms with van der Waals surface area (Å²) < 4.78 is 5.50. The molecule has 0 bridgehead atoms. The highest BCUT2D eigenvalue weighted by Crippen LogP contribution is 2.24. The number of aromatic nitrogens is 3. The van der Waals surface area contributed by atoms with Gasteiger partial charge in [0.15, 0.2) is 11.4 Å². The van der Waals surface area contributed by atoms with Crippen molar-refractivity contribution in [3.8, 4) is 5.75 Å². The highest BCUT2D eigenvalue weighted by molar-refractivity contribution is 5.95. The van der Waals surface area contributed by atoms with E-state index in [0.29, 0.717) is 31.9 Å². The van der Waals surface area contributed by atoms with Crippen LogP contribution in [-0.4, -0.2) is 63.2 Å². The van der Waals surface area contributed by atoms with Crippen molar-refractivity contribution >= 4 is 5.91 Å². The molecule has 0 aromatic carbocycles. The van der Waals surface area contributed by atoms with E-state index in [2.05, 4.69) is 15.0 Å². The molecule has 25 heavy (non-hydrogen) atoms. The van der Waals surface area contributed by atoms with Crippen LogP contribution in [0.4, 0.5) is 0 Å². The van der Waals surface area contributed by atoms with Crippen molar-refractivity contribution in [2.75, 3.05) is 26.2 Å². The predicted molar refractivity (Wildman–Crippen MR) is 89.9 cm³/mol. The SMILES string of the molecule is NCCOc1cccnc1C(=O)N1C[C@@H](Cc2cnccn2)[C@H](O)C1. The number of nitrogens with two attached hydrogens (primary N) is 1. The topological polar surface area (TPSA) is 114 Å². The van der Waals surface area contributed by atoms with Crippen LogP contribution in [0, 0.1) is 5.92 Å². The Morgan fingerprint density at radius 1 is 1.32 bits per heavy atom. The minimum Gasteiger partial charge on any atom is -0.490 e. The Balaban J connectivity index is 1.69. The lowest BCUT2D eigenvalue weighted by atomic mass is 10.0. The molecule has 132 valence electrons. The van der Waals surface area contributed by atoms with Crippen LogP contribution in [0.15, 0.2) is 36.9 Å². The lowest BCUT2D eigenvalue weighted by molar-refractivity contribution is 0.0754. The molecule has 8 nitrogen and oxygen atoms in total. The number of hydrogen-bond donors (Lipinski definition) is 2. The fourth-order valence-corrected chi connectivity index (χ4v) is 2.91. The number of aliphatic hydroxyl groups excluding tert-OH is 1. The molecule has 1 aliphatic heterocycles. The van der Waals surface area contributed by atoms with Crippen molar-refractivity contribution < 1.29 is 14.6 Å². The molecule has 3 N–H and O–H groups in total. The van der Waals surface area contributed by atoms with E-state index in [4.69, 9.17) is 10.5 Å². The number of nitrogens with zero attached hydrogens (tertiary/aromatic N) is 4. The van der Waals surface area contributed by atoms with Crippen molar-refractivity contribution in [2.45, 2.75) is 12.5 Å². The van der Waals surface area contributed by atoms with Crippen molar-refractivity contribution in [2.24, 2.45) is 11.7 Å². The molecule has 2 aromatic heterocycles. The van der Waals surface area contributed by atoms with E-state index >= 15 is 0 Å². The Bertz CT molecular complexity index is 712. The lowest BCUT2D eigenvalue weighted by Crippen LogP contribution is -2.31. The summed E-state index contributed by atoms with van der Waals surface area (Å²) in [6.45, 7) is 1.36. The number of aliphatic hydroxyl groups is 1. The fraction of sp³-hybridized carbons (Fsp3) is 0.412. The monoisotopic (exact) mass is 343 g/mol. The second-order valence-corrected chi connectivity index (χ2v) is 5.93. The molecule has 0 unspecified atom stereocenters. The van der Waals surface area contributed by atoms with Gasteiger partial charge in [-0.25, -0.2) is 4.98 Å². The summed E-state index contributed by atoms with van der Waals surface area (Å²) in [5, 5.41) is 10.3. The minimum atomic E-state index is -0.608. The van der Waals surface area contributed by atoms with Crippen molar-refractivity contribution in [3.05, 3.63) is 48.3 Å². The summed E-state index contributed by atoms with van der Waals surface area (Å²) in [5.41, 5.74) is 6.49. The van der Waals surface area contributed by atoms with Gasteiger partial charge < -0.3 is 20.5 Å². The summed E-state index contributed by atoms with van der Waals surface area (Å²) in [7, 11) is 0. The standard InChI is InChI=1S/C17H21N5O3/c18-3-7-25-15-2-1-4-21-16(15)17(24)22-10-12(14(23)11-22)8-13-9-19-5-6-20-13/h1-2,4-6,9,12,14,23H,3,7-8,10-11,18H2/t12-,14-/m1/s1. The Morgan fingerprint density at radius 3 is 2.96 bits per heavy atom. The van der Waals surface area contributed by atoms with Crippen LogP contribution in [-0.2, 0) is 6.42 Å². The third-order valence-corrected chi connectivity index (χ3v) is 4.13. The normalized spacial score (nSPS) is 19.8. The van der Waals surface area contributed by atoms with Crippen molar-refractivity contribution in [3.63, 3.8) is 0 Å². The molecule has 3 heterocycles. The van der Waals surface area contributed by atoms with E-state index in [1.54, 1.807) is 41.8 Å². The molecule has 1 fully saturated rings. The molecule has 3 rings (SSSR count). The number of carbonyl (C=O) groups excluding carboxylic acids is 1. The number of carbonyl (C=O) groups is 1. The van der Waals surface area contributed by atoms with E-state index in [-0.39, 0.29) is 24.1 Å². The maximum absolute atomic E-state index is 12.8. The maximum Gasteiger partial charge on any atom is 0.276 e. The summed E-state index contributed by atoms with van der Waals surface area (Å²) in [4.78, 5) is 26.8. The van der Waals surface area contributed by atoms with Gasteiger partial charge in [0.25, 0.3) is 5.91 Å². The van der Waals surface area contributed by atoms with E-state index < -0.39 is 6.10 Å². The number of pyridine rings is 1. The number of β-amino-alcohol motifs (C(OH)–C–C–N with tert-alkyl or cyclic N) is 1. The third kappa shape index (κ3) is 4.09. The number of rotatable bonds is 6. The molecular formula is C17H21N5O3. The summed E-state index contributed by atoms with van der Waals surface area (Å²) in [6, 6.07) is 3.40. The van der Waals surface area contributed by atoms with E-state index in [1.807, 2.05) is 0 Å². The zero-order valence-electron chi connectivity index (χ0n) is 13.8. The first-order valence-corrected chi connectivity index (χ1v) is 8.19. The molecule has 2 atom stereocenters. The van der Waals surface area contributed by atoms with Gasteiger partial charge in [0, 0.05) is 50.3 Å². The first-order valence-electron chi connectivity index (χ1n) is 8.19. The maximum atomic E-state index is 12.8. The molecule has 0 spiro atoms. The second kappa shape index (κ2) is 8.00. The largest absolute Gasteiger partial charge is 0.490 e. The molecule has 1 amide bonds. The average Bonchev–Trinajstić information content (AvgIpc) is 3.01. The van der Waals surface area contributed by atoms with Crippen LogP contribution >= 0.6 is 0 Å². The first kappa shape index (κ1) is 17.2. The van der Waals surface area contributed by atoms with Crippen LogP contribution < -0.4 is 10.5 Å². The van der Waals surface area contributed by atoms with Gasteiger partial charge >= 0.3 is 0 Å². The average molecular weight is 343 g/mol. The van der Waals surface area contributed by atoms with Crippen LogP contribution in [0.5, 0.6) is 5.75 Å². The predicted octanol–water partition coefficient (Wildman–Crippen LogP) is -0.115. The summed E-state index contributed by atoms with van der Waals surface area (Å²) in [5.74, 6) is 0.0657. The fourth-order valence-electron chi connectivity index (χ4n) is 2.91. The molecule has 0 saturated carbocycles. The molecule has 0 radical (unpaired) electrons. The number of likely N-dealkylation sites (tertiary alicyclic amines) is 1. The summed E-state index contributed by atoms with van der Waals surface area (Å²) >= 11 is 0. The van der Waals surface area contributed by atoms with E-state index in [0.717, 1.165) is 5.69 Å². The van der Waals surface area contributed by atoms with Crippen LogP contribution in [0.1, 0.15) is 16.2 Å². The zero-order valence-corrected chi connectivity index (χ0v) is 13.8. The molecule has 0 aliphatic carbocycles. The molecule has 1 saturated heterocycles. The first-order chi connectivity index (χ1) is 12.2. The number of amides is 1. The van der Waals surface area contributed by atoms with Gasteiger partial charge in [-0.3, -0.25) is 14.8 Å². The smallest absolute Gasteiger partial charge is 0.276 e. The molecule has 1 aliphatic rings. The second-order valence-electron chi connectivity index (χ2n) is 5.93. The van der Waals surface area contributed by atoms with Gasteiger partial charge in [0.2, 0.25) is 0 Å². The van der Waals surface area contributed by atoms with Gasteiger partial charge in [-0.15, -0.1) is 0 Å². The highest BCUT2D eigenvalue weighted by Gasteiger charge is 2.35. The lowest BCUT2D eigenvalue weighted by Gasteiger charge is -2.17. The Kier molecular flexibility index (Phi) is 5.52. The highest BCUT2D eigenvalue weighted by atomic mass is 16.5. The van der Waals surface area contributed by atoms with Gasteiger partial charge in [0.05, 0.1) is 11.8 Å². The quantitative estimate of drug-likeness (QED) is 0.752.